The summed E-state index contributed by atoms with van der Waals surface area (Å²) in [6, 6.07) is 13.1. The second-order valence-electron chi connectivity index (χ2n) is 6.92. The summed E-state index contributed by atoms with van der Waals surface area (Å²) in [5, 5.41) is 3.52. The first-order valence-electron chi connectivity index (χ1n) is 9.38. The zero-order valence-corrected chi connectivity index (χ0v) is 16.8. The standard InChI is InChI=1S/C22H24ClNO4/c1-14(28-21(25)13-16-12-17(23)10-11-20(16)27-2)22(26)24-19-9-5-7-15-6-3-4-8-18(15)19/h3-4,6,8,10-12,14,19H,5,7,9,13H2,1-2H3,(H,24,26)/t14-,19+/m1/s1. The third-order valence-electron chi connectivity index (χ3n) is 4.94. The Balaban J connectivity index is 1.59. The number of methoxy groups -OCH3 is 1. The van der Waals surface area contributed by atoms with Crippen molar-refractivity contribution in [2.45, 2.75) is 44.8 Å². The van der Waals surface area contributed by atoms with Crippen LogP contribution < -0.4 is 10.1 Å². The summed E-state index contributed by atoms with van der Waals surface area (Å²) in [5.41, 5.74) is 3.02. The molecule has 0 aliphatic heterocycles. The first-order chi connectivity index (χ1) is 13.5. The van der Waals surface area contributed by atoms with Crippen LogP contribution in [0.5, 0.6) is 5.75 Å². The lowest BCUT2D eigenvalue weighted by atomic mass is 9.87. The average Bonchev–Trinajstić information content (AvgIpc) is 2.68. The molecule has 3 rings (SSSR count). The van der Waals surface area contributed by atoms with Crippen LogP contribution in [0, 0.1) is 0 Å². The van der Waals surface area contributed by atoms with E-state index >= 15 is 0 Å². The molecule has 148 valence electrons. The van der Waals surface area contributed by atoms with E-state index in [1.807, 2.05) is 18.2 Å². The van der Waals surface area contributed by atoms with Gasteiger partial charge in [-0.3, -0.25) is 9.59 Å². The highest BCUT2D eigenvalue weighted by molar-refractivity contribution is 6.30. The molecule has 28 heavy (non-hydrogen) atoms. The topological polar surface area (TPSA) is 64.6 Å². The Morgan fingerprint density at radius 3 is 2.82 bits per heavy atom. The van der Waals surface area contributed by atoms with Crippen molar-refractivity contribution in [1.82, 2.24) is 5.32 Å². The largest absolute Gasteiger partial charge is 0.496 e. The van der Waals surface area contributed by atoms with E-state index in [1.54, 1.807) is 25.1 Å². The maximum Gasteiger partial charge on any atom is 0.311 e. The van der Waals surface area contributed by atoms with Gasteiger partial charge in [0.25, 0.3) is 5.91 Å². The lowest BCUT2D eigenvalue weighted by Gasteiger charge is -2.27. The summed E-state index contributed by atoms with van der Waals surface area (Å²) in [6.45, 7) is 1.58. The van der Waals surface area contributed by atoms with Crippen LogP contribution in [0.1, 0.15) is 42.5 Å². The minimum absolute atomic E-state index is 0.0202. The van der Waals surface area contributed by atoms with E-state index in [0.717, 1.165) is 24.8 Å². The molecule has 2 aromatic rings. The van der Waals surface area contributed by atoms with E-state index in [1.165, 1.54) is 12.7 Å². The van der Waals surface area contributed by atoms with Crippen molar-refractivity contribution in [1.29, 1.82) is 0 Å². The Hall–Kier alpha value is -2.53. The van der Waals surface area contributed by atoms with Crippen molar-refractivity contribution in [3.8, 4) is 5.75 Å². The maximum atomic E-state index is 12.6. The molecule has 1 amide bonds. The van der Waals surface area contributed by atoms with Gasteiger partial charge in [0.15, 0.2) is 6.10 Å². The van der Waals surface area contributed by atoms with Crippen molar-refractivity contribution < 1.29 is 19.1 Å². The summed E-state index contributed by atoms with van der Waals surface area (Å²) in [6.07, 6.45) is 2.02. The second-order valence-corrected chi connectivity index (χ2v) is 7.35. The number of carbonyl (C=O) groups is 2. The molecule has 0 fully saturated rings. The van der Waals surface area contributed by atoms with Gasteiger partial charge >= 0.3 is 5.97 Å². The highest BCUT2D eigenvalue weighted by Gasteiger charge is 2.25. The van der Waals surface area contributed by atoms with E-state index < -0.39 is 12.1 Å². The molecule has 0 heterocycles. The highest BCUT2D eigenvalue weighted by Crippen LogP contribution is 2.29. The smallest absolute Gasteiger partial charge is 0.311 e. The number of fused-ring (bicyclic) bond motifs is 1. The van der Waals surface area contributed by atoms with Crippen LogP contribution in [0.3, 0.4) is 0 Å². The lowest BCUT2D eigenvalue weighted by Crippen LogP contribution is -2.39. The fourth-order valence-electron chi connectivity index (χ4n) is 3.53. The Morgan fingerprint density at radius 2 is 2.04 bits per heavy atom. The molecular weight excluding hydrogens is 378 g/mol. The maximum absolute atomic E-state index is 12.6. The van der Waals surface area contributed by atoms with Gasteiger partial charge in [0.1, 0.15) is 5.75 Å². The van der Waals surface area contributed by atoms with Crippen LogP contribution in [0.25, 0.3) is 0 Å². The van der Waals surface area contributed by atoms with Gasteiger partial charge in [-0.05, 0) is 55.5 Å². The number of rotatable bonds is 6. The van der Waals surface area contributed by atoms with Crippen molar-refractivity contribution in [2.75, 3.05) is 7.11 Å². The normalized spacial score (nSPS) is 16.6. The molecule has 0 bridgehead atoms. The minimum Gasteiger partial charge on any atom is -0.496 e. The van der Waals surface area contributed by atoms with Gasteiger partial charge in [0, 0.05) is 10.6 Å². The molecule has 0 saturated heterocycles. The second kappa shape index (κ2) is 9.11. The fourth-order valence-corrected chi connectivity index (χ4v) is 3.72. The highest BCUT2D eigenvalue weighted by atomic mass is 35.5. The van der Waals surface area contributed by atoms with Gasteiger partial charge in [-0.25, -0.2) is 0 Å². The number of carbonyl (C=O) groups excluding carboxylic acids is 2. The summed E-state index contributed by atoms with van der Waals surface area (Å²) in [4.78, 5) is 24.8. The number of halogens is 1. The summed E-state index contributed by atoms with van der Waals surface area (Å²) in [5.74, 6) is -0.252. The van der Waals surface area contributed by atoms with Gasteiger partial charge in [-0.1, -0.05) is 35.9 Å². The predicted molar refractivity (Wildman–Crippen MR) is 108 cm³/mol. The Bertz CT molecular complexity index is 867. The van der Waals surface area contributed by atoms with Crippen LogP contribution >= 0.6 is 11.6 Å². The first-order valence-corrected chi connectivity index (χ1v) is 9.76. The van der Waals surface area contributed by atoms with Gasteiger partial charge in [0.2, 0.25) is 0 Å². The molecule has 0 unspecified atom stereocenters. The number of aryl methyl sites for hydroxylation is 1. The molecular formula is C22H24ClNO4. The number of benzene rings is 2. The Labute approximate surface area is 170 Å². The Morgan fingerprint density at radius 1 is 1.25 bits per heavy atom. The van der Waals surface area contributed by atoms with E-state index in [4.69, 9.17) is 21.1 Å². The summed E-state index contributed by atoms with van der Waals surface area (Å²) >= 11 is 5.99. The SMILES string of the molecule is COc1ccc(Cl)cc1CC(=O)O[C@H](C)C(=O)N[C@H]1CCCc2ccccc21. The zero-order chi connectivity index (χ0) is 20.1. The van der Waals surface area contributed by atoms with Crippen molar-refractivity contribution in [3.63, 3.8) is 0 Å². The quantitative estimate of drug-likeness (QED) is 0.742. The number of ether oxygens (including phenoxy) is 2. The molecule has 0 saturated carbocycles. The average molecular weight is 402 g/mol. The van der Waals surface area contributed by atoms with Crippen LogP contribution in [0.2, 0.25) is 5.02 Å². The predicted octanol–water partition coefficient (Wildman–Crippen LogP) is 4.02. The van der Waals surface area contributed by atoms with Gasteiger partial charge < -0.3 is 14.8 Å². The number of nitrogens with one attached hydrogen (secondary N) is 1. The van der Waals surface area contributed by atoms with Crippen LogP contribution in [-0.4, -0.2) is 25.1 Å². The number of hydrogen-bond acceptors (Lipinski definition) is 4. The van der Waals surface area contributed by atoms with E-state index in [9.17, 15) is 9.59 Å². The fraction of sp³-hybridized carbons (Fsp3) is 0.364. The first kappa shape index (κ1) is 20.2. The van der Waals surface area contributed by atoms with Crippen LogP contribution in [-0.2, 0) is 27.2 Å². The molecule has 1 N–H and O–H groups in total. The summed E-state index contributed by atoms with van der Waals surface area (Å²) in [7, 11) is 1.52. The van der Waals surface area contributed by atoms with Crippen molar-refractivity contribution in [2.24, 2.45) is 0 Å². The summed E-state index contributed by atoms with van der Waals surface area (Å²) < 4.78 is 10.6. The van der Waals surface area contributed by atoms with Crippen LogP contribution in [0.4, 0.5) is 0 Å². The monoisotopic (exact) mass is 401 g/mol. The molecule has 6 heteroatoms. The number of esters is 1. The van der Waals surface area contributed by atoms with Gasteiger partial charge in [-0.15, -0.1) is 0 Å². The van der Waals surface area contributed by atoms with E-state index in [0.29, 0.717) is 16.3 Å². The van der Waals surface area contributed by atoms with Gasteiger partial charge in [-0.2, -0.15) is 0 Å². The molecule has 1 aliphatic carbocycles. The molecule has 2 aromatic carbocycles. The number of amides is 1. The third-order valence-corrected chi connectivity index (χ3v) is 5.18. The number of hydrogen-bond donors (Lipinski definition) is 1. The zero-order valence-electron chi connectivity index (χ0n) is 16.0. The molecule has 0 spiro atoms. The minimum atomic E-state index is -0.883. The van der Waals surface area contributed by atoms with E-state index in [2.05, 4.69) is 11.4 Å². The molecule has 5 nitrogen and oxygen atoms in total. The third kappa shape index (κ3) is 4.84. The molecule has 2 atom stereocenters. The molecule has 0 radical (unpaired) electrons. The molecule has 0 aromatic heterocycles. The lowest BCUT2D eigenvalue weighted by molar-refractivity contribution is -0.154. The van der Waals surface area contributed by atoms with Gasteiger partial charge in [0.05, 0.1) is 19.6 Å². The van der Waals surface area contributed by atoms with Crippen molar-refractivity contribution >= 4 is 23.5 Å². The van der Waals surface area contributed by atoms with Crippen LogP contribution in [0.15, 0.2) is 42.5 Å². The van der Waals surface area contributed by atoms with Crippen molar-refractivity contribution in [3.05, 3.63) is 64.2 Å². The molecule has 1 aliphatic rings. The van der Waals surface area contributed by atoms with E-state index in [-0.39, 0.29) is 18.4 Å². The Kier molecular flexibility index (Phi) is 6.57.